The van der Waals surface area contributed by atoms with Crippen LogP contribution < -0.4 is 5.73 Å². The second-order valence-corrected chi connectivity index (χ2v) is 10.2. The molecule has 1 saturated heterocycles. The van der Waals surface area contributed by atoms with Gasteiger partial charge in [0.1, 0.15) is 48.5 Å². The Balaban J connectivity index is 0.000000410. The molecule has 2 aromatic rings. The Labute approximate surface area is 206 Å². The molecule has 3 rings (SSSR count). The Kier molecular flexibility index (Phi) is 10.7. The first kappa shape index (κ1) is 31.2. The number of carbonyl (C=O) groups excluding carboxylic acids is 1. The lowest BCUT2D eigenvalue weighted by Crippen LogP contribution is -2.40. The first-order chi connectivity index (χ1) is 17.1. The molecule has 1 fully saturated rings. The highest BCUT2D eigenvalue weighted by Crippen LogP contribution is 2.57. The summed E-state index contributed by atoms with van der Waals surface area (Å²) in [6.07, 6.45) is -7.83. The number of anilines is 1. The van der Waals surface area contributed by atoms with Gasteiger partial charge < -0.3 is 60.6 Å². The highest BCUT2D eigenvalue weighted by atomic mass is 31.3. The van der Waals surface area contributed by atoms with E-state index in [1.165, 1.54) is 10.9 Å². The molecular weight excluding hydrogens is 552 g/mol. The number of hydrogen-bond acceptors (Lipinski definition) is 16. The summed E-state index contributed by atoms with van der Waals surface area (Å²) in [5, 5.41) is 54.3. The third kappa shape index (κ3) is 8.24. The van der Waals surface area contributed by atoms with E-state index < -0.39 is 71.7 Å². The number of imidazole rings is 1. The fraction of sp³-hybridized carbons (Fsp3) is 0.600. The molecule has 20 nitrogen and oxygen atoms in total. The first-order valence-corrected chi connectivity index (χ1v) is 12.9. The molecule has 8 atom stereocenters. The van der Waals surface area contributed by atoms with Crippen molar-refractivity contribution in [2.45, 2.75) is 42.9 Å². The van der Waals surface area contributed by atoms with Crippen LogP contribution in [-0.4, -0.2) is 121 Å². The topological polar surface area (TPSA) is 331 Å². The van der Waals surface area contributed by atoms with E-state index in [1.807, 2.05) is 0 Å². The molecule has 11 N–H and O–H groups in total. The maximum atomic E-state index is 11.5. The van der Waals surface area contributed by atoms with Crippen molar-refractivity contribution in [3.63, 3.8) is 0 Å². The van der Waals surface area contributed by atoms with Crippen molar-refractivity contribution in [3.05, 3.63) is 12.7 Å². The largest absolute Gasteiger partial charge is 0.481 e. The molecule has 37 heavy (non-hydrogen) atoms. The van der Waals surface area contributed by atoms with Gasteiger partial charge in [-0.2, -0.15) is 4.31 Å². The maximum Gasteiger partial charge on any atom is 0.481 e. The fourth-order valence-corrected chi connectivity index (χ4v) is 4.49. The normalized spacial score (nSPS) is 26.1. The van der Waals surface area contributed by atoms with Crippen LogP contribution >= 0.6 is 15.6 Å². The monoisotopic (exact) mass is 577 g/mol. The van der Waals surface area contributed by atoms with E-state index >= 15 is 0 Å². The SMILES string of the molecule is Nc1ncnc2c1ncn2[C@@H]1O[C@H](COP(=O)(O)OP(=O)(O)O)[C@@H](O)[C@H]1O.O=CC(O)C(O)C(O)CO. The van der Waals surface area contributed by atoms with E-state index in [2.05, 4.69) is 23.8 Å². The van der Waals surface area contributed by atoms with Crippen LogP contribution in [0.3, 0.4) is 0 Å². The number of nitrogens with two attached hydrogens (primary N) is 1. The molecule has 0 bridgehead atoms. The lowest BCUT2D eigenvalue weighted by Gasteiger charge is -2.17. The zero-order chi connectivity index (χ0) is 28.1. The molecule has 0 amide bonds. The van der Waals surface area contributed by atoms with Crippen LogP contribution in [0.5, 0.6) is 0 Å². The number of carbonyl (C=O) groups is 1. The van der Waals surface area contributed by atoms with E-state index in [4.69, 9.17) is 40.7 Å². The molecular formula is C15H25N5O15P2. The summed E-state index contributed by atoms with van der Waals surface area (Å²) in [6.45, 7) is -1.50. The number of fused-ring (bicyclic) bond motifs is 1. The van der Waals surface area contributed by atoms with Crippen LogP contribution in [0.25, 0.3) is 11.2 Å². The van der Waals surface area contributed by atoms with Gasteiger partial charge in [0.05, 0.1) is 19.5 Å². The molecule has 22 heteroatoms. The first-order valence-electron chi connectivity index (χ1n) is 9.91. The lowest BCUT2D eigenvalue weighted by atomic mass is 10.1. The lowest BCUT2D eigenvalue weighted by molar-refractivity contribution is -0.127. The van der Waals surface area contributed by atoms with Crippen LogP contribution in [0.4, 0.5) is 5.82 Å². The van der Waals surface area contributed by atoms with Crippen molar-refractivity contribution in [1.82, 2.24) is 19.5 Å². The van der Waals surface area contributed by atoms with Gasteiger partial charge in [0.25, 0.3) is 0 Å². The second-order valence-electron chi connectivity index (χ2n) is 7.33. The minimum atomic E-state index is -5.29. The Hall–Kier alpha value is -2.00. The number of aliphatic hydroxyl groups is 6. The summed E-state index contributed by atoms with van der Waals surface area (Å²) in [5.74, 6) is 0.0856. The van der Waals surface area contributed by atoms with Gasteiger partial charge in [0.2, 0.25) is 0 Å². The number of aliphatic hydroxyl groups excluding tert-OH is 6. The minimum absolute atomic E-state index is 0.0856. The standard InChI is InChI=1S/C10H15N5O10P2.C5H10O5/c11-8-5-9(13-2-12-8)15(3-14-5)10-7(17)6(16)4(24-10)1-23-27(21,22)25-26(18,19)20;6-1-3(8)5(10)4(9)2-7/h2-4,6-7,10,16-17H,1H2,(H,21,22)(H2,11,12,13)(H2,18,19,20);1,3-5,7-10H,2H2/t4-,6-,7-,10-;/m1./s1. The number of ether oxygens (including phenoxy) is 1. The third-order valence-corrected chi connectivity index (χ3v) is 6.83. The number of hydrogen-bond donors (Lipinski definition) is 10. The van der Waals surface area contributed by atoms with E-state index in [1.54, 1.807) is 0 Å². The van der Waals surface area contributed by atoms with Crippen LogP contribution in [0.2, 0.25) is 0 Å². The maximum absolute atomic E-state index is 11.5. The van der Waals surface area contributed by atoms with Crippen molar-refractivity contribution in [3.8, 4) is 0 Å². The Morgan fingerprint density at radius 1 is 1.14 bits per heavy atom. The molecule has 1 aliphatic heterocycles. The molecule has 2 aromatic heterocycles. The van der Waals surface area contributed by atoms with Crippen molar-refractivity contribution < 1.29 is 72.8 Å². The number of aromatic nitrogens is 4. The van der Waals surface area contributed by atoms with Crippen molar-refractivity contribution in [1.29, 1.82) is 0 Å². The van der Waals surface area contributed by atoms with Crippen LogP contribution in [-0.2, 0) is 27.5 Å². The molecule has 4 unspecified atom stereocenters. The molecule has 0 radical (unpaired) electrons. The number of phosphoric acid groups is 2. The van der Waals surface area contributed by atoms with Crippen LogP contribution in [0.1, 0.15) is 6.23 Å². The van der Waals surface area contributed by atoms with E-state index in [9.17, 15) is 29.0 Å². The zero-order valence-electron chi connectivity index (χ0n) is 18.4. The number of aldehydes is 1. The summed E-state index contributed by atoms with van der Waals surface area (Å²) in [7, 11) is -10.4. The summed E-state index contributed by atoms with van der Waals surface area (Å²) in [5.41, 5.74) is 6.11. The van der Waals surface area contributed by atoms with Crippen molar-refractivity contribution in [2.24, 2.45) is 0 Å². The number of nitrogen functional groups attached to an aromatic ring is 1. The van der Waals surface area contributed by atoms with E-state index in [0.717, 1.165) is 6.33 Å². The molecule has 0 aliphatic carbocycles. The van der Waals surface area contributed by atoms with Gasteiger partial charge in [-0.25, -0.2) is 24.1 Å². The van der Waals surface area contributed by atoms with Crippen LogP contribution in [0.15, 0.2) is 12.7 Å². The third-order valence-electron chi connectivity index (χ3n) is 4.68. The Morgan fingerprint density at radius 2 is 1.78 bits per heavy atom. The van der Waals surface area contributed by atoms with Gasteiger partial charge in [0.15, 0.2) is 24.0 Å². The summed E-state index contributed by atoms with van der Waals surface area (Å²) < 4.78 is 36.8. The van der Waals surface area contributed by atoms with Crippen LogP contribution in [0, 0.1) is 0 Å². The summed E-state index contributed by atoms with van der Waals surface area (Å²) in [4.78, 5) is 47.9. The smallest absolute Gasteiger partial charge is 0.394 e. The van der Waals surface area contributed by atoms with E-state index in [-0.39, 0.29) is 23.3 Å². The molecule has 3 heterocycles. The van der Waals surface area contributed by atoms with E-state index in [0.29, 0.717) is 0 Å². The van der Waals surface area contributed by atoms with Gasteiger partial charge in [-0.15, -0.1) is 0 Å². The number of rotatable bonds is 10. The van der Waals surface area contributed by atoms with Crippen molar-refractivity contribution >= 4 is 38.9 Å². The van der Waals surface area contributed by atoms with Gasteiger partial charge in [-0.3, -0.25) is 9.09 Å². The predicted octanol–water partition coefficient (Wildman–Crippen LogP) is -4.49. The molecule has 210 valence electrons. The highest BCUT2D eigenvalue weighted by Gasteiger charge is 2.46. The number of nitrogens with zero attached hydrogens (tertiary/aromatic N) is 4. The van der Waals surface area contributed by atoms with Gasteiger partial charge in [-0.1, -0.05) is 0 Å². The van der Waals surface area contributed by atoms with Gasteiger partial charge in [0, 0.05) is 0 Å². The summed E-state index contributed by atoms with van der Waals surface area (Å²) >= 11 is 0. The minimum Gasteiger partial charge on any atom is -0.394 e. The molecule has 0 aromatic carbocycles. The average Bonchev–Trinajstić information content (AvgIpc) is 3.37. The predicted molar refractivity (Wildman–Crippen MR) is 116 cm³/mol. The van der Waals surface area contributed by atoms with Gasteiger partial charge in [-0.05, 0) is 0 Å². The zero-order valence-corrected chi connectivity index (χ0v) is 20.2. The van der Waals surface area contributed by atoms with Crippen molar-refractivity contribution in [2.75, 3.05) is 18.9 Å². The fourth-order valence-electron chi connectivity index (χ4n) is 2.89. The average molecular weight is 577 g/mol. The highest BCUT2D eigenvalue weighted by molar-refractivity contribution is 7.60. The van der Waals surface area contributed by atoms with Gasteiger partial charge >= 0.3 is 15.6 Å². The Morgan fingerprint density at radius 3 is 2.35 bits per heavy atom. The molecule has 1 aliphatic rings. The quantitative estimate of drug-likeness (QED) is 0.0939. The number of phosphoric ester groups is 1. The second kappa shape index (κ2) is 12.7. The summed E-state index contributed by atoms with van der Waals surface area (Å²) in [6, 6.07) is 0. The molecule has 0 saturated carbocycles. The Bertz CT molecular complexity index is 1150. The molecule has 0 spiro atoms.